The summed E-state index contributed by atoms with van der Waals surface area (Å²) < 4.78 is 18.6. The maximum absolute atomic E-state index is 10.4. The second-order valence-electron chi connectivity index (χ2n) is 1.15. The highest BCUT2D eigenvalue weighted by Gasteiger charge is 2.00. The third-order valence-corrected chi connectivity index (χ3v) is 0.858. The molecule has 0 aromatic heterocycles. The molecule has 0 unspecified atom stereocenters. The van der Waals surface area contributed by atoms with Crippen LogP contribution in [0.5, 0.6) is 0 Å². The lowest BCUT2D eigenvalue weighted by Crippen LogP contribution is -2.03. The maximum Gasteiger partial charge on any atom is 0.362 e. The first-order valence-electron chi connectivity index (χ1n) is 2.82. The highest BCUT2D eigenvalue weighted by Crippen LogP contribution is 1.90. The third-order valence-electron chi connectivity index (χ3n) is 0.443. The zero-order valence-electron chi connectivity index (χ0n) is 5.86. The van der Waals surface area contributed by atoms with E-state index >= 15 is 0 Å². The minimum absolute atomic E-state index is 0.307. The van der Waals surface area contributed by atoms with E-state index in [-0.39, 0.29) is 0 Å². The standard InChI is InChI=1S/C4H10O5S/c1-3-6-8-10(5)9-7-4-2/h3-4H2,1-2H3. The molecule has 5 nitrogen and oxygen atoms in total. The van der Waals surface area contributed by atoms with E-state index in [0.29, 0.717) is 13.2 Å². The lowest BCUT2D eigenvalue weighted by Gasteiger charge is -1.98. The molecule has 6 heteroatoms. The van der Waals surface area contributed by atoms with Crippen molar-refractivity contribution in [1.29, 1.82) is 0 Å². The molecule has 0 saturated heterocycles. The van der Waals surface area contributed by atoms with E-state index in [1.807, 2.05) is 0 Å². The molecule has 0 aliphatic carbocycles. The SMILES string of the molecule is CCOOS(=O)OOCC. The molecule has 0 amide bonds. The average molecular weight is 170 g/mol. The number of hydrogen-bond acceptors (Lipinski definition) is 5. The van der Waals surface area contributed by atoms with Gasteiger partial charge in [-0.2, -0.15) is 4.21 Å². The van der Waals surface area contributed by atoms with E-state index in [2.05, 4.69) is 18.4 Å². The summed E-state index contributed by atoms with van der Waals surface area (Å²) in [6.45, 7) is 4.00. The van der Waals surface area contributed by atoms with E-state index in [1.165, 1.54) is 0 Å². The lowest BCUT2D eigenvalue weighted by atomic mass is 10.9. The average Bonchev–Trinajstić information content (AvgIpc) is 1.97. The van der Waals surface area contributed by atoms with Crippen LogP contribution >= 0.6 is 0 Å². The van der Waals surface area contributed by atoms with Gasteiger partial charge in [-0.05, 0) is 13.8 Å². The Morgan fingerprint density at radius 1 is 1.10 bits per heavy atom. The van der Waals surface area contributed by atoms with Gasteiger partial charge in [0.25, 0.3) is 0 Å². The van der Waals surface area contributed by atoms with Crippen molar-refractivity contribution in [3.05, 3.63) is 0 Å². The molecule has 0 radical (unpaired) electrons. The smallest absolute Gasteiger partial charge is 0.220 e. The molecule has 0 aromatic rings. The van der Waals surface area contributed by atoms with Crippen LogP contribution in [0.15, 0.2) is 0 Å². The first kappa shape index (κ1) is 9.99. The molecular formula is C4H10O5S. The number of hydrogen-bond donors (Lipinski definition) is 0. The fraction of sp³-hybridized carbons (Fsp3) is 1.00. The Bertz CT molecular complexity index is 85.6. The normalized spacial score (nSPS) is 10.7. The van der Waals surface area contributed by atoms with E-state index in [4.69, 9.17) is 0 Å². The van der Waals surface area contributed by atoms with E-state index in [0.717, 1.165) is 0 Å². The quantitative estimate of drug-likeness (QED) is 0.429. The largest absolute Gasteiger partial charge is 0.362 e. The van der Waals surface area contributed by atoms with Gasteiger partial charge in [0.2, 0.25) is 0 Å². The Kier molecular flexibility index (Phi) is 7.09. The summed E-state index contributed by atoms with van der Waals surface area (Å²) in [5.41, 5.74) is 0. The highest BCUT2D eigenvalue weighted by molar-refractivity contribution is 7.74. The summed E-state index contributed by atoms with van der Waals surface area (Å²) in [6.07, 6.45) is 0. The van der Waals surface area contributed by atoms with Gasteiger partial charge in [-0.15, -0.1) is 8.67 Å². The van der Waals surface area contributed by atoms with Crippen LogP contribution in [0.3, 0.4) is 0 Å². The summed E-state index contributed by atoms with van der Waals surface area (Å²) in [5.74, 6) is 0. The van der Waals surface area contributed by atoms with Gasteiger partial charge in [-0.25, -0.2) is 9.78 Å². The Hall–Kier alpha value is -0.0100. The van der Waals surface area contributed by atoms with Crippen LogP contribution in [-0.4, -0.2) is 17.4 Å². The fourth-order valence-corrected chi connectivity index (χ4v) is 0.558. The predicted octanol–water partition coefficient (Wildman–Crippen LogP) is 0.501. The van der Waals surface area contributed by atoms with Gasteiger partial charge in [0, 0.05) is 0 Å². The predicted molar refractivity (Wildman–Crippen MR) is 33.6 cm³/mol. The molecule has 0 spiro atoms. The van der Waals surface area contributed by atoms with Gasteiger partial charge < -0.3 is 0 Å². The topological polar surface area (TPSA) is 54.0 Å². The van der Waals surface area contributed by atoms with Crippen LogP contribution < -0.4 is 0 Å². The fourth-order valence-electron chi connectivity index (χ4n) is 0.186. The molecule has 0 aromatic carbocycles. The second kappa shape index (κ2) is 7.10. The van der Waals surface area contributed by atoms with E-state index < -0.39 is 11.4 Å². The van der Waals surface area contributed by atoms with E-state index in [9.17, 15) is 4.21 Å². The minimum Gasteiger partial charge on any atom is -0.220 e. The lowest BCUT2D eigenvalue weighted by molar-refractivity contribution is -0.246. The van der Waals surface area contributed by atoms with Gasteiger partial charge in [0.1, 0.15) is 0 Å². The van der Waals surface area contributed by atoms with Crippen molar-refractivity contribution in [2.24, 2.45) is 0 Å². The van der Waals surface area contributed by atoms with Crippen molar-refractivity contribution < 1.29 is 22.7 Å². The van der Waals surface area contributed by atoms with Crippen LogP contribution in [0.2, 0.25) is 0 Å². The van der Waals surface area contributed by atoms with Gasteiger partial charge in [-0.1, -0.05) is 0 Å². The Labute approximate surface area is 61.9 Å². The van der Waals surface area contributed by atoms with Crippen LogP contribution in [0.25, 0.3) is 0 Å². The van der Waals surface area contributed by atoms with Crippen molar-refractivity contribution in [3.8, 4) is 0 Å². The summed E-state index contributed by atoms with van der Waals surface area (Å²) in [7, 11) is 0. The first-order valence-corrected chi connectivity index (χ1v) is 3.82. The summed E-state index contributed by atoms with van der Waals surface area (Å²) in [4.78, 5) is 8.57. The second-order valence-corrected chi connectivity index (χ2v) is 1.83. The Balaban J connectivity index is 3.09. The molecule has 0 aliphatic heterocycles. The van der Waals surface area contributed by atoms with Gasteiger partial charge >= 0.3 is 11.4 Å². The zero-order valence-corrected chi connectivity index (χ0v) is 6.68. The Morgan fingerprint density at radius 3 is 1.80 bits per heavy atom. The van der Waals surface area contributed by atoms with Crippen molar-refractivity contribution in [2.75, 3.05) is 13.2 Å². The molecule has 0 fully saturated rings. The highest BCUT2D eigenvalue weighted by atomic mass is 32.2. The summed E-state index contributed by atoms with van der Waals surface area (Å²) >= 11 is -1.96. The first-order chi connectivity index (χ1) is 4.81. The van der Waals surface area contributed by atoms with Gasteiger partial charge in [0.15, 0.2) is 0 Å². The molecule has 0 aliphatic rings. The van der Waals surface area contributed by atoms with Gasteiger partial charge in [-0.3, -0.25) is 0 Å². The molecule has 0 rings (SSSR count). The third kappa shape index (κ3) is 6.12. The molecule has 0 heterocycles. The molecule has 0 N–H and O–H groups in total. The van der Waals surface area contributed by atoms with Crippen LogP contribution in [-0.2, 0) is 29.8 Å². The summed E-state index contributed by atoms with van der Waals surface area (Å²) in [6, 6.07) is 0. The molecule has 10 heavy (non-hydrogen) atoms. The van der Waals surface area contributed by atoms with Gasteiger partial charge in [0.05, 0.1) is 13.2 Å². The Morgan fingerprint density at radius 2 is 1.50 bits per heavy atom. The minimum atomic E-state index is -1.96. The molecule has 0 bridgehead atoms. The molecule has 0 saturated carbocycles. The molecule has 62 valence electrons. The van der Waals surface area contributed by atoms with Crippen molar-refractivity contribution in [3.63, 3.8) is 0 Å². The van der Waals surface area contributed by atoms with Crippen molar-refractivity contribution in [2.45, 2.75) is 13.8 Å². The van der Waals surface area contributed by atoms with Crippen molar-refractivity contribution in [1.82, 2.24) is 0 Å². The number of rotatable bonds is 6. The summed E-state index contributed by atoms with van der Waals surface area (Å²) in [5, 5.41) is 0. The maximum atomic E-state index is 10.4. The monoisotopic (exact) mass is 170 g/mol. The zero-order chi connectivity index (χ0) is 7.82. The molecular weight excluding hydrogens is 160 g/mol. The van der Waals surface area contributed by atoms with Crippen LogP contribution in [0, 0.1) is 0 Å². The van der Waals surface area contributed by atoms with Crippen LogP contribution in [0.1, 0.15) is 13.8 Å². The molecule has 0 atom stereocenters. The van der Waals surface area contributed by atoms with Crippen LogP contribution in [0.4, 0.5) is 0 Å². The van der Waals surface area contributed by atoms with Crippen molar-refractivity contribution >= 4 is 11.4 Å². The van der Waals surface area contributed by atoms with E-state index in [1.54, 1.807) is 13.8 Å².